The summed E-state index contributed by atoms with van der Waals surface area (Å²) in [6.07, 6.45) is 3.93. The predicted molar refractivity (Wildman–Crippen MR) is 113 cm³/mol. The quantitative estimate of drug-likeness (QED) is 0.289. The number of benzene rings is 4. The van der Waals surface area contributed by atoms with Crippen molar-refractivity contribution in [1.82, 2.24) is 0 Å². The summed E-state index contributed by atoms with van der Waals surface area (Å²) >= 11 is 0. The van der Waals surface area contributed by atoms with E-state index < -0.39 is 0 Å². The molecule has 0 unspecified atom stereocenters. The van der Waals surface area contributed by atoms with Gasteiger partial charge in [-0.3, -0.25) is 0 Å². The van der Waals surface area contributed by atoms with Crippen molar-refractivity contribution in [3.05, 3.63) is 109 Å². The second-order valence-electron chi connectivity index (χ2n) is 6.79. The van der Waals surface area contributed by atoms with Gasteiger partial charge in [0.2, 0.25) is 5.69 Å². The molecule has 5 aromatic rings. The van der Waals surface area contributed by atoms with Gasteiger partial charge >= 0.3 is 0 Å². The van der Waals surface area contributed by atoms with Crippen molar-refractivity contribution < 1.29 is 4.57 Å². The van der Waals surface area contributed by atoms with E-state index in [0.29, 0.717) is 5.56 Å². The van der Waals surface area contributed by atoms with Gasteiger partial charge in [-0.15, -0.1) is 0 Å². The van der Waals surface area contributed by atoms with E-state index in [1.54, 1.807) is 0 Å². The molecule has 130 valence electrons. The van der Waals surface area contributed by atoms with Gasteiger partial charge in [0.25, 0.3) is 0 Å². The molecular formula is C26H17N2+. The molecular weight excluding hydrogens is 340 g/mol. The number of nitrogens with zero attached hydrogens (tertiary/aromatic N) is 2. The summed E-state index contributed by atoms with van der Waals surface area (Å²) in [4.78, 5) is 0. The molecule has 0 amide bonds. The maximum absolute atomic E-state index is 9.15. The van der Waals surface area contributed by atoms with Gasteiger partial charge < -0.3 is 0 Å². The second-order valence-corrected chi connectivity index (χ2v) is 6.79. The lowest BCUT2D eigenvalue weighted by atomic mass is 9.90. The van der Waals surface area contributed by atoms with Crippen molar-refractivity contribution >= 4 is 21.5 Å². The van der Waals surface area contributed by atoms with Crippen LogP contribution < -0.4 is 4.57 Å². The van der Waals surface area contributed by atoms with Crippen LogP contribution in [0.5, 0.6) is 0 Å². The molecule has 0 atom stereocenters. The highest BCUT2D eigenvalue weighted by Gasteiger charge is 2.20. The SMILES string of the molecule is N#Cc1cc[n+](-c2c3ccccc3c(-c3ccccc3)c3ccccc23)cc1. The fourth-order valence-corrected chi connectivity index (χ4v) is 3.95. The zero-order valence-corrected chi connectivity index (χ0v) is 15.2. The lowest BCUT2D eigenvalue weighted by molar-refractivity contribution is -0.592. The minimum Gasteiger partial charge on any atom is -0.192 e. The molecule has 0 aliphatic carbocycles. The molecule has 4 aromatic carbocycles. The highest BCUT2D eigenvalue weighted by atomic mass is 14.9. The first-order valence-corrected chi connectivity index (χ1v) is 9.27. The standard InChI is InChI=1S/C26H17N2/c27-18-19-14-16-28(17-15-19)26-23-12-6-4-10-21(23)25(20-8-2-1-3-9-20)22-11-5-7-13-24(22)26/h1-17H/q+1. The van der Waals surface area contributed by atoms with Crippen LogP contribution in [0.1, 0.15) is 5.56 Å². The largest absolute Gasteiger partial charge is 0.226 e. The van der Waals surface area contributed by atoms with E-state index in [-0.39, 0.29) is 0 Å². The maximum Gasteiger partial charge on any atom is 0.226 e. The molecule has 0 radical (unpaired) electrons. The Morgan fingerprint density at radius 3 is 1.61 bits per heavy atom. The number of fused-ring (bicyclic) bond motifs is 2. The van der Waals surface area contributed by atoms with Gasteiger partial charge in [-0.1, -0.05) is 66.7 Å². The third-order valence-corrected chi connectivity index (χ3v) is 5.18. The molecule has 0 bridgehead atoms. The maximum atomic E-state index is 9.15. The Morgan fingerprint density at radius 1 is 0.571 bits per heavy atom. The molecule has 0 fully saturated rings. The molecule has 0 saturated heterocycles. The zero-order chi connectivity index (χ0) is 18.9. The van der Waals surface area contributed by atoms with Crippen LogP contribution >= 0.6 is 0 Å². The normalized spacial score (nSPS) is 10.8. The smallest absolute Gasteiger partial charge is 0.192 e. The minimum atomic E-state index is 0.658. The van der Waals surface area contributed by atoms with E-state index in [0.717, 1.165) is 5.69 Å². The molecule has 0 saturated carbocycles. The predicted octanol–water partition coefficient (Wildman–Crippen LogP) is 5.81. The van der Waals surface area contributed by atoms with Crippen molar-refractivity contribution in [2.75, 3.05) is 0 Å². The fraction of sp³-hybridized carbons (Fsp3) is 0. The molecule has 2 heteroatoms. The third kappa shape index (κ3) is 2.53. The van der Waals surface area contributed by atoms with Gasteiger partial charge in [-0.05, 0) is 34.0 Å². The first kappa shape index (κ1) is 16.2. The molecule has 0 N–H and O–H groups in total. The van der Waals surface area contributed by atoms with Gasteiger partial charge in [0, 0.05) is 12.1 Å². The average Bonchev–Trinajstić information content (AvgIpc) is 2.78. The summed E-state index contributed by atoms with van der Waals surface area (Å²) in [7, 11) is 0. The lowest BCUT2D eigenvalue weighted by Gasteiger charge is -2.14. The van der Waals surface area contributed by atoms with Crippen molar-refractivity contribution in [3.8, 4) is 22.9 Å². The van der Waals surface area contributed by atoms with Crippen LogP contribution in [0.2, 0.25) is 0 Å². The highest BCUT2D eigenvalue weighted by molar-refractivity contribution is 6.17. The van der Waals surface area contributed by atoms with E-state index >= 15 is 0 Å². The Hall–Kier alpha value is -3.96. The van der Waals surface area contributed by atoms with Gasteiger partial charge in [0.1, 0.15) is 0 Å². The van der Waals surface area contributed by atoms with Crippen molar-refractivity contribution in [1.29, 1.82) is 5.26 Å². The molecule has 1 aromatic heterocycles. The number of hydrogen-bond acceptors (Lipinski definition) is 1. The Balaban J connectivity index is 1.96. The lowest BCUT2D eigenvalue weighted by Crippen LogP contribution is -2.30. The van der Waals surface area contributed by atoms with Gasteiger partial charge in [-0.25, -0.2) is 0 Å². The van der Waals surface area contributed by atoms with Crippen molar-refractivity contribution in [3.63, 3.8) is 0 Å². The Labute approximate surface area is 163 Å². The molecule has 2 nitrogen and oxygen atoms in total. The van der Waals surface area contributed by atoms with Crippen molar-refractivity contribution in [2.24, 2.45) is 0 Å². The van der Waals surface area contributed by atoms with Gasteiger partial charge in [0.05, 0.1) is 22.4 Å². The third-order valence-electron chi connectivity index (χ3n) is 5.18. The first-order valence-electron chi connectivity index (χ1n) is 9.27. The molecule has 0 aliphatic heterocycles. The molecule has 1 heterocycles. The van der Waals surface area contributed by atoms with E-state index in [9.17, 15) is 0 Å². The van der Waals surface area contributed by atoms with Crippen molar-refractivity contribution in [2.45, 2.75) is 0 Å². The highest BCUT2D eigenvalue weighted by Crippen LogP contribution is 2.39. The van der Waals surface area contributed by atoms with Gasteiger partial charge in [-0.2, -0.15) is 9.83 Å². The topological polar surface area (TPSA) is 27.7 Å². The fourth-order valence-electron chi connectivity index (χ4n) is 3.95. The van der Waals surface area contributed by atoms with E-state index in [1.807, 2.05) is 24.5 Å². The Morgan fingerprint density at radius 2 is 1.07 bits per heavy atom. The summed E-state index contributed by atoms with van der Waals surface area (Å²) in [5, 5.41) is 14.0. The van der Waals surface area contributed by atoms with Crippen LogP contribution in [0.4, 0.5) is 0 Å². The molecule has 28 heavy (non-hydrogen) atoms. The van der Waals surface area contributed by atoms with Crippen LogP contribution in [-0.4, -0.2) is 0 Å². The Kier molecular flexibility index (Phi) is 3.85. The van der Waals surface area contributed by atoms with Gasteiger partial charge in [0.15, 0.2) is 12.4 Å². The van der Waals surface area contributed by atoms with E-state index in [2.05, 4.69) is 89.5 Å². The first-order chi connectivity index (χ1) is 13.9. The summed E-state index contributed by atoms with van der Waals surface area (Å²) in [6, 6.07) is 33.6. The number of hydrogen-bond donors (Lipinski definition) is 0. The van der Waals surface area contributed by atoms with E-state index in [4.69, 9.17) is 5.26 Å². The van der Waals surface area contributed by atoms with Crippen LogP contribution in [-0.2, 0) is 0 Å². The van der Waals surface area contributed by atoms with Crippen LogP contribution in [0, 0.1) is 11.3 Å². The molecule has 0 aliphatic rings. The molecule has 0 spiro atoms. The number of nitriles is 1. The van der Waals surface area contributed by atoms with Crippen LogP contribution in [0.3, 0.4) is 0 Å². The average molecular weight is 357 g/mol. The number of pyridine rings is 1. The summed E-state index contributed by atoms with van der Waals surface area (Å²) in [5.74, 6) is 0. The Bertz CT molecular complexity index is 1290. The number of rotatable bonds is 2. The summed E-state index contributed by atoms with van der Waals surface area (Å²) in [6.45, 7) is 0. The zero-order valence-electron chi connectivity index (χ0n) is 15.2. The van der Waals surface area contributed by atoms with Crippen LogP contribution in [0.25, 0.3) is 38.4 Å². The minimum absolute atomic E-state index is 0.658. The molecule has 5 rings (SSSR count). The summed E-state index contributed by atoms with van der Waals surface area (Å²) in [5.41, 5.74) is 4.26. The van der Waals surface area contributed by atoms with E-state index in [1.165, 1.54) is 32.7 Å². The van der Waals surface area contributed by atoms with Crippen LogP contribution in [0.15, 0.2) is 103 Å². The monoisotopic (exact) mass is 357 g/mol. The number of aromatic nitrogens is 1. The summed E-state index contributed by atoms with van der Waals surface area (Å²) < 4.78 is 2.11. The second kappa shape index (κ2) is 6.64.